The van der Waals surface area contributed by atoms with Gasteiger partial charge in [-0.2, -0.15) is 0 Å². The fourth-order valence-electron chi connectivity index (χ4n) is 1.79. The summed E-state index contributed by atoms with van der Waals surface area (Å²) in [4.78, 5) is 4.22. The molecule has 0 aliphatic heterocycles. The Morgan fingerprint density at radius 2 is 2.11 bits per heavy atom. The van der Waals surface area contributed by atoms with E-state index in [0.29, 0.717) is 5.92 Å². The van der Waals surface area contributed by atoms with Gasteiger partial charge in [-0.3, -0.25) is 0 Å². The van der Waals surface area contributed by atoms with Crippen molar-refractivity contribution in [2.75, 3.05) is 7.11 Å². The number of methoxy groups -OCH3 is 1. The van der Waals surface area contributed by atoms with E-state index < -0.39 is 0 Å². The highest BCUT2D eigenvalue weighted by atomic mass is 32.1. The Labute approximate surface area is 112 Å². The molecule has 0 atom stereocenters. The van der Waals surface area contributed by atoms with E-state index in [4.69, 9.17) is 4.74 Å². The van der Waals surface area contributed by atoms with E-state index in [1.54, 1.807) is 18.4 Å². The summed E-state index contributed by atoms with van der Waals surface area (Å²) in [6, 6.07) is 6.31. The Hall–Kier alpha value is -1.61. The Balaban J connectivity index is 2.25. The van der Waals surface area contributed by atoms with E-state index in [0.717, 1.165) is 17.0 Å². The Morgan fingerprint density at radius 1 is 1.28 bits per heavy atom. The molecule has 0 amide bonds. The van der Waals surface area contributed by atoms with Gasteiger partial charge >= 0.3 is 0 Å². The maximum atomic E-state index is 5.44. The molecule has 18 heavy (non-hydrogen) atoms. The van der Waals surface area contributed by atoms with Gasteiger partial charge in [-0.05, 0) is 29.2 Å². The summed E-state index contributed by atoms with van der Waals surface area (Å²) in [7, 11) is 1.72. The van der Waals surface area contributed by atoms with E-state index >= 15 is 0 Å². The monoisotopic (exact) mass is 259 g/mol. The van der Waals surface area contributed by atoms with Crippen LogP contribution >= 0.6 is 11.3 Å². The summed E-state index contributed by atoms with van der Waals surface area (Å²) in [5.41, 5.74) is 5.20. The van der Waals surface area contributed by atoms with Gasteiger partial charge in [0.2, 0.25) is 0 Å². The van der Waals surface area contributed by atoms with Gasteiger partial charge in [0.25, 0.3) is 0 Å². The molecule has 1 aromatic carbocycles. The summed E-state index contributed by atoms with van der Waals surface area (Å²) >= 11 is 1.60. The lowest BCUT2D eigenvalue weighted by atomic mass is 10.00. The minimum absolute atomic E-state index is 0.469. The Bertz CT molecular complexity index is 529. The van der Waals surface area contributed by atoms with E-state index in [2.05, 4.69) is 43.1 Å². The second kappa shape index (κ2) is 5.83. The molecule has 0 spiro atoms. The molecule has 0 aliphatic rings. The van der Waals surface area contributed by atoms with Crippen molar-refractivity contribution in [3.8, 4) is 5.75 Å². The first kappa shape index (κ1) is 12.8. The third-order valence-electron chi connectivity index (χ3n) is 2.78. The molecule has 3 heteroatoms. The molecule has 94 valence electrons. The number of benzene rings is 1. The number of nitrogens with zero attached hydrogens (tertiary/aromatic N) is 1. The lowest BCUT2D eigenvalue weighted by molar-refractivity contribution is 0.407. The highest BCUT2D eigenvalue weighted by Crippen LogP contribution is 2.27. The van der Waals surface area contributed by atoms with Crippen LogP contribution in [0, 0.1) is 0 Å². The Morgan fingerprint density at radius 3 is 2.72 bits per heavy atom. The van der Waals surface area contributed by atoms with Crippen LogP contribution in [0.4, 0.5) is 0 Å². The van der Waals surface area contributed by atoms with Gasteiger partial charge < -0.3 is 4.74 Å². The smallest absolute Gasteiger partial charge is 0.122 e. The largest absolute Gasteiger partial charge is 0.496 e. The van der Waals surface area contributed by atoms with Crippen LogP contribution in [-0.4, -0.2) is 12.1 Å². The summed E-state index contributed by atoms with van der Waals surface area (Å²) in [6.45, 7) is 4.34. The third-order valence-corrected chi connectivity index (χ3v) is 3.38. The molecule has 0 radical (unpaired) electrons. The third kappa shape index (κ3) is 2.99. The van der Waals surface area contributed by atoms with Crippen LogP contribution in [0.3, 0.4) is 0 Å². The molecule has 0 saturated heterocycles. The molecule has 0 unspecified atom stereocenters. The highest BCUT2D eigenvalue weighted by molar-refractivity contribution is 7.07. The average molecular weight is 259 g/mol. The summed E-state index contributed by atoms with van der Waals surface area (Å²) in [5, 5.41) is 2.02. The van der Waals surface area contributed by atoms with Gasteiger partial charge in [-0.1, -0.05) is 32.1 Å². The first-order valence-corrected chi connectivity index (χ1v) is 6.89. The molecular weight excluding hydrogens is 242 g/mol. The van der Waals surface area contributed by atoms with Crippen LogP contribution in [-0.2, 0) is 0 Å². The van der Waals surface area contributed by atoms with Gasteiger partial charge in [0, 0.05) is 5.38 Å². The van der Waals surface area contributed by atoms with E-state index in [9.17, 15) is 0 Å². The molecule has 1 aromatic heterocycles. The number of hydrogen-bond acceptors (Lipinski definition) is 3. The van der Waals surface area contributed by atoms with Gasteiger partial charge in [0.05, 0.1) is 18.3 Å². The maximum absolute atomic E-state index is 5.44. The SMILES string of the molecule is COc1cc(/C=C/c2cscn2)ccc1C(C)C. The summed E-state index contributed by atoms with van der Waals surface area (Å²) < 4.78 is 5.44. The van der Waals surface area contributed by atoms with Gasteiger partial charge in [0.1, 0.15) is 5.75 Å². The number of aromatic nitrogens is 1. The van der Waals surface area contributed by atoms with Crippen molar-refractivity contribution in [2.24, 2.45) is 0 Å². The minimum Gasteiger partial charge on any atom is -0.496 e. The first-order chi connectivity index (χ1) is 8.70. The molecule has 0 fully saturated rings. The zero-order chi connectivity index (χ0) is 13.0. The fraction of sp³-hybridized carbons (Fsp3) is 0.267. The normalized spacial score (nSPS) is 11.3. The Kier molecular flexibility index (Phi) is 4.15. The lowest BCUT2D eigenvalue weighted by Crippen LogP contribution is -1.94. The van der Waals surface area contributed by atoms with Crippen LogP contribution in [0.25, 0.3) is 12.2 Å². The van der Waals surface area contributed by atoms with E-state index in [1.807, 2.05) is 17.0 Å². The van der Waals surface area contributed by atoms with Crippen LogP contribution in [0.15, 0.2) is 29.1 Å². The molecule has 1 heterocycles. The van der Waals surface area contributed by atoms with Crippen molar-refractivity contribution in [3.63, 3.8) is 0 Å². The predicted octanol–water partition coefficient (Wildman–Crippen LogP) is 4.45. The molecule has 0 bridgehead atoms. The summed E-state index contributed by atoms with van der Waals surface area (Å²) in [6.07, 6.45) is 4.07. The molecule has 2 rings (SSSR count). The molecule has 2 nitrogen and oxygen atoms in total. The fourth-order valence-corrected chi connectivity index (χ4v) is 2.32. The number of rotatable bonds is 4. The number of ether oxygens (including phenoxy) is 1. The van der Waals surface area contributed by atoms with Crippen molar-refractivity contribution in [2.45, 2.75) is 19.8 Å². The first-order valence-electron chi connectivity index (χ1n) is 5.95. The quantitative estimate of drug-likeness (QED) is 0.809. The standard InChI is InChI=1S/C15H17NOS/c1-11(2)14-7-5-12(8-15(14)17-3)4-6-13-9-18-10-16-13/h4-11H,1-3H3/b6-4+. The van der Waals surface area contributed by atoms with Crippen molar-refractivity contribution in [3.05, 3.63) is 45.9 Å². The lowest BCUT2D eigenvalue weighted by Gasteiger charge is -2.12. The van der Waals surface area contributed by atoms with Crippen LogP contribution in [0.2, 0.25) is 0 Å². The molecule has 0 saturated carbocycles. The number of thiazole rings is 1. The van der Waals surface area contributed by atoms with Crippen molar-refractivity contribution in [1.29, 1.82) is 0 Å². The van der Waals surface area contributed by atoms with E-state index in [-0.39, 0.29) is 0 Å². The molecule has 2 aromatic rings. The topological polar surface area (TPSA) is 22.1 Å². The molecular formula is C15H17NOS. The highest BCUT2D eigenvalue weighted by Gasteiger charge is 2.06. The zero-order valence-corrected chi connectivity index (χ0v) is 11.7. The maximum Gasteiger partial charge on any atom is 0.122 e. The summed E-state index contributed by atoms with van der Waals surface area (Å²) in [5.74, 6) is 1.42. The van der Waals surface area contributed by atoms with Crippen molar-refractivity contribution in [1.82, 2.24) is 4.98 Å². The second-order valence-electron chi connectivity index (χ2n) is 4.40. The van der Waals surface area contributed by atoms with Crippen LogP contribution < -0.4 is 4.74 Å². The minimum atomic E-state index is 0.469. The molecule has 0 aliphatic carbocycles. The second-order valence-corrected chi connectivity index (χ2v) is 5.12. The average Bonchev–Trinajstić information content (AvgIpc) is 2.88. The molecule has 0 N–H and O–H groups in total. The van der Waals surface area contributed by atoms with Crippen LogP contribution in [0.5, 0.6) is 5.75 Å². The van der Waals surface area contributed by atoms with Crippen LogP contribution in [0.1, 0.15) is 36.6 Å². The van der Waals surface area contributed by atoms with Crippen molar-refractivity contribution < 1.29 is 4.74 Å². The number of hydrogen-bond donors (Lipinski definition) is 0. The van der Waals surface area contributed by atoms with Gasteiger partial charge in [-0.15, -0.1) is 11.3 Å². The zero-order valence-electron chi connectivity index (χ0n) is 10.9. The van der Waals surface area contributed by atoms with Gasteiger partial charge in [0.15, 0.2) is 0 Å². The van der Waals surface area contributed by atoms with Gasteiger partial charge in [-0.25, -0.2) is 4.98 Å². The predicted molar refractivity (Wildman–Crippen MR) is 78.1 cm³/mol. The van der Waals surface area contributed by atoms with E-state index in [1.165, 1.54) is 5.56 Å². The van der Waals surface area contributed by atoms with Crippen molar-refractivity contribution >= 4 is 23.5 Å².